The molecule has 1 saturated heterocycles. The van der Waals surface area contributed by atoms with Crippen molar-refractivity contribution in [1.82, 2.24) is 4.90 Å². The molecule has 1 aliphatic heterocycles. The van der Waals surface area contributed by atoms with E-state index in [2.05, 4.69) is 0 Å². The Hall–Kier alpha value is -1.91. The molecule has 0 radical (unpaired) electrons. The lowest BCUT2D eigenvalue weighted by Gasteiger charge is -2.28. The van der Waals surface area contributed by atoms with Crippen LogP contribution >= 0.6 is 0 Å². The van der Waals surface area contributed by atoms with Crippen molar-refractivity contribution in [2.45, 2.75) is 26.3 Å². The second-order valence-electron chi connectivity index (χ2n) is 5.59. The minimum atomic E-state index is -0.987. The molecule has 1 aromatic carbocycles. The van der Waals surface area contributed by atoms with Crippen molar-refractivity contribution in [3.05, 3.63) is 35.6 Å². The summed E-state index contributed by atoms with van der Waals surface area (Å²) in [6.45, 7) is 4.46. The molecule has 2 atom stereocenters. The van der Waals surface area contributed by atoms with Crippen LogP contribution in [0, 0.1) is 17.7 Å². The Bertz CT molecular complexity index is 512. The van der Waals surface area contributed by atoms with Gasteiger partial charge in [0, 0.05) is 13.0 Å². The third-order valence-electron chi connectivity index (χ3n) is 3.52. The molecule has 0 aromatic heterocycles. The van der Waals surface area contributed by atoms with Crippen LogP contribution in [0.5, 0.6) is 0 Å². The molecule has 1 heterocycles. The normalized spacial score (nSPS) is 22.6. The predicted octanol–water partition coefficient (Wildman–Crippen LogP) is 2.46. The summed E-state index contributed by atoms with van der Waals surface area (Å²) in [7, 11) is 0. The van der Waals surface area contributed by atoms with Crippen LogP contribution in [0.25, 0.3) is 0 Å². The van der Waals surface area contributed by atoms with Crippen molar-refractivity contribution in [2.24, 2.45) is 11.8 Å². The van der Waals surface area contributed by atoms with Gasteiger partial charge in [-0.1, -0.05) is 26.0 Å². The molecular formula is C15H18FNO3. The highest BCUT2D eigenvalue weighted by Crippen LogP contribution is 2.38. The van der Waals surface area contributed by atoms with Crippen LogP contribution in [0.4, 0.5) is 4.39 Å². The fourth-order valence-corrected chi connectivity index (χ4v) is 2.69. The molecule has 0 saturated carbocycles. The fraction of sp³-hybridized carbons (Fsp3) is 0.467. The van der Waals surface area contributed by atoms with Crippen LogP contribution in [0.3, 0.4) is 0 Å². The van der Waals surface area contributed by atoms with E-state index in [0.29, 0.717) is 12.1 Å². The van der Waals surface area contributed by atoms with Gasteiger partial charge in [-0.2, -0.15) is 0 Å². The number of aliphatic carboxylic acids is 1. The lowest BCUT2D eigenvalue weighted by molar-refractivity contribution is -0.142. The van der Waals surface area contributed by atoms with Crippen molar-refractivity contribution in [2.75, 3.05) is 6.54 Å². The molecule has 1 fully saturated rings. The molecule has 1 amide bonds. The van der Waals surface area contributed by atoms with E-state index in [1.807, 2.05) is 13.8 Å². The van der Waals surface area contributed by atoms with Gasteiger partial charge in [-0.05, 0) is 23.6 Å². The average molecular weight is 279 g/mol. The average Bonchev–Trinajstić information content (AvgIpc) is 2.68. The van der Waals surface area contributed by atoms with E-state index in [4.69, 9.17) is 0 Å². The summed E-state index contributed by atoms with van der Waals surface area (Å²) < 4.78 is 13.0. The number of carboxylic acid groups (broad SMARTS) is 1. The summed E-state index contributed by atoms with van der Waals surface area (Å²) >= 11 is 0. The zero-order valence-corrected chi connectivity index (χ0v) is 11.5. The largest absolute Gasteiger partial charge is 0.481 e. The first-order valence-corrected chi connectivity index (χ1v) is 6.68. The number of amides is 1. The van der Waals surface area contributed by atoms with Crippen LogP contribution in [-0.2, 0) is 9.59 Å². The number of halogens is 1. The summed E-state index contributed by atoms with van der Waals surface area (Å²) in [5.74, 6) is -2.04. The Morgan fingerprint density at radius 1 is 1.40 bits per heavy atom. The Kier molecular flexibility index (Phi) is 4.06. The van der Waals surface area contributed by atoms with E-state index in [1.165, 1.54) is 12.1 Å². The molecule has 0 bridgehead atoms. The molecule has 20 heavy (non-hydrogen) atoms. The number of nitrogens with zero attached hydrogens (tertiary/aromatic N) is 1. The highest BCUT2D eigenvalue weighted by molar-refractivity contribution is 5.87. The summed E-state index contributed by atoms with van der Waals surface area (Å²) in [4.78, 5) is 25.0. The van der Waals surface area contributed by atoms with Crippen LogP contribution in [-0.4, -0.2) is 28.4 Å². The van der Waals surface area contributed by atoms with Gasteiger partial charge in [0.15, 0.2) is 0 Å². The van der Waals surface area contributed by atoms with Gasteiger partial charge >= 0.3 is 5.97 Å². The maximum atomic E-state index is 13.0. The van der Waals surface area contributed by atoms with E-state index >= 15 is 0 Å². The summed E-state index contributed by atoms with van der Waals surface area (Å²) in [5.41, 5.74) is 0.672. The van der Waals surface area contributed by atoms with Crippen molar-refractivity contribution >= 4 is 11.9 Å². The first-order valence-electron chi connectivity index (χ1n) is 6.68. The molecule has 4 nitrogen and oxygen atoms in total. The van der Waals surface area contributed by atoms with E-state index in [1.54, 1.807) is 17.0 Å². The molecule has 0 spiro atoms. The molecule has 0 aliphatic carbocycles. The van der Waals surface area contributed by atoms with Gasteiger partial charge in [-0.15, -0.1) is 0 Å². The number of hydrogen-bond acceptors (Lipinski definition) is 2. The fourth-order valence-electron chi connectivity index (χ4n) is 2.69. The first-order chi connectivity index (χ1) is 9.40. The van der Waals surface area contributed by atoms with Crippen molar-refractivity contribution < 1.29 is 19.1 Å². The van der Waals surface area contributed by atoms with Crippen LogP contribution < -0.4 is 0 Å². The molecule has 1 aliphatic rings. The third-order valence-corrected chi connectivity index (χ3v) is 3.52. The molecule has 108 valence electrons. The van der Waals surface area contributed by atoms with Gasteiger partial charge in [0.1, 0.15) is 5.82 Å². The van der Waals surface area contributed by atoms with Gasteiger partial charge in [0.05, 0.1) is 12.0 Å². The van der Waals surface area contributed by atoms with E-state index < -0.39 is 17.9 Å². The SMILES string of the molecule is CC(C)CN1C(=O)CC(C(=O)O)C1c1ccc(F)cc1. The smallest absolute Gasteiger partial charge is 0.309 e. The quantitative estimate of drug-likeness (QED) is 0.921. The number of benzene rings is 1. The Morgan fingerprint density at radius 2 is 2.00 bits per heavy atom. The van der Waals surface area contributed by atoms with Gasteiger partial charge in [-0.3, -0.25) is 9.59 Å². The van der Waals surface area contributed by atoms with Crippen LogP contribution in [0.1, 0.15) is 31.9 Å². The first kappa shape index (κ1) is 14.5. The Labute approximate surface area is 117 Å². The van der Waals surface area contributed by atoms with Gasteiger partial charge in [-0.25, -0.2) is 4.39 Å². The Balaban J connectivity index is 2.37. The molecule has 5 heteroatoms. The minimum absolute atomic E-state index is 0.00406. The number of likely N-dealkylation sites (tertiary alicyclic amines) is 1. The molecular weight excluding hydrogens is 261 g/mol. The lowest BCUT2D eigenvalue weighted by atomic mass is 9.93. The zero-order chi connectivity index (χ0) is 14.9. The van der Waals surface area contributed by atoms with Gasteiger partial charge in [0.2, 0.25) is 5.91 Å². The van der Waals surface area contributed by atoms with Gasteiger partial charge < -0.3 is 10.0 Å². The Morgan fingerprint density at radius 3 is 2.50 bits per heavy atom. The molecule has 1 N–H and O–H groups in total. The third kappa shape index (κ3) is 2.81. The molecule has 2 rings (SSSR count). The van der Waals surface area contributed by atoms with Crippen LogP contribution in [0.2, 0.25) is 0 Å². The molecule has 2 unspecified atom stereocenters. The highest BCUT2D eigenvalue weighted by atomic mass is 19.1. The highest BCUT2D eigenvalue weighted by Gasteiger charge is 2.44. The van der Waals surface area contributed by atoms with E-state index in [0.717, 1.165) is 0 Å². The zero-order valence-electron chi connectivity index (χ0n) is 11.5. The minimum Gasteiger partial charge on any atom is -0.481 e. The summed E-state index contributed by atoms with van der Waals surface area (Å²) in [6.07, 6.45) is 0.00406. The number of rotatable bonds is 4. The van der Waals surface area contributed by atoms with E-state index in [9.17, 15) is 19.1 Å². The van der Waals surface area contributed by atoms with Gasteiger partial charge in [0.25, 0.3) is 0 Å². The maximum Gasteiger partial charge on any atom is 0.309 e. The summed E-state index contributed by atoms with van der Waals surface area (Å²) in [5, 5.41) is 9.32. The van der Waals surface area contributed by atoms with E-state index in [-0.39, 0.29) is 24.1 Å². The number of carboxylic acids is 1. The maximum absolute atomic E-state index is 13.0. The topological polar surface area (TPSA) is 57.6 Å². The lowest BCUT2D eigenvalue weighted by Crippen LogP contribution is -2.33. The number of carbonyl (C=O) groups is 2. The predicted molar refractivity (Wildman–Crippen MR) is 71.4 cm³/mol. The van der Waals surface area contributed by atoms with Crippen molar-refractivity contribution in [3.8, 4) is 0 Å². The summed E-state index contributed by atoms with van der Waals surface area (Å²) in [6, 6.07) is 5.20. The second kappa shape index (κ2) is 5.61. The van der Waals surface area contributed by atoms with Crippen molar-refractivity contribution in [1.29, 1.82) is 0 Å². The number of carbonyl (C=O) groups excluding carboxylic acids is 1. The number of hydrogen-bond donors (Lipinski definition) is 1. The molecule has 1 aromatic rings. The van der Waals surface area contributed by atoms with Crippen LogP contribution in [0.15, 0.2) is 24.3 Å². The standard InChI is InChI=1S/C15H18FNO3/c1-9(2)8-17-13(18)7-12(15(19)20)14(17)10-3-5-11(16)6-4-10/h3-6,9,12,14H,7-8H2,1-2H3,(H,19,20). The monoisotopic (exact) mass is 279 g/mol. The van der Waals surface area contributed by atoms with Crippen molar-refractivity contribution in [3.63, 3.8) is 0 Å². The second-order valence-corrected chi connectivity index (χ2v) is 5.59.